The molecule has 4 rings (SSSR count). The molecule has 738 valence electrons. The van der Waals surface area contributed by atoms with E-state index in [2.05, 4.69) is 69.1 Å². The maximum absolute atomic E-state index is 14.5. The molecule has 17 amide bonds. The van der Waals surface area contributed by atoms with Crippen LogP contribution in [-0.2, 0) is 109 Å². The third-order valence-electron chi connectivity index (χ3n) is 21.8. The van der Waals surface area contributed by atoms with E-state index in [1.165, 1.54) is 46.9 Å². The lowest BCUT2D eigenvalue weighted by Gasteiger charge is -2.40. The largest absolute Gasteiger partial charge is 0.508 e. The lowest BCUT2D eigenvalue weighted by Crippen LogP contribution is -2.63. The summed E-state index contributed by atoms with van der Waals surface area (Å²) in [6.07, 6.45) is -10.1. The molecule has 0 aliphatic carbocycles. The number of primary amides is 2. The molecule has 0 unspecified atom stereocenters. The topological polar surface area (TPSA) is 740 Å². The highest BCUT2D eigenvalue weighted by Crippen LogP contribution is 2.24. The number of rotatable bonds is 57. The molecule has 0 bridgehead atoms. The second kappa shape index (κ2) is 55.6. The molecular formula is C86H138N20O26. The van der Waals surface area contributed by atoms with E-state index >= 15 is 0 Å². The number of likely N-dealkylation sites (tertiary alicyclic amines) is 1. The number of likely N-dealkylation sites (N-methyl/N-ethyl adjacent to an activating group) is 1. The van der Waals surface area contributed by atoms with Crippen LogP contribution in [0.15, 0.2) is 54.6 Å². The van der Waals surface area contributed by atoms with Gasteiger partial charge in [0, 0.05) is 26.4 Å². The van der Waals surface area contributed by atoms with Gasteiger partial charge in [-0.25, -0.2) is 0 Å². The number of aromatic hydroxyl groups is 1. The van der Waals surface area contributed by atoms with Crippen LogP contribution < -0.4 is 97.8 Å². The zero-order chi connectivity index (χ0) is 99.1. The Morgan fingerprint density at radius 2 is 1.01 bits per heavy atom. The van der Waals surface area contributed by atoms with Gasteiger partial charge in [-0.05, 0) is 165 Å². The van der Waals surface area contributed by atoms with Crippen molar-refractivity contribution in [3.8, 4) is 5.75 Å². The van der Waals surface area contributed by atoms with Gasteiger partial charge in [0.1, 0.15) is 108 Å². The van der Waals surface area contributed by atoms with Crippen LogP contribution in [0.1, 0.15) is 170 Å². The standard InChI is InChI=1S/C86H138N20O26/c1-44(2)34-56(71(91)117)98-80(126)60(43-131-84-70(116)69(115)68(114)63(42-107)132-84)102-76(122)54(23-16-18-32-88)97-78(124)57(35-45(3)4)99-73(119)48(8)95-75(121)53(22-15-17-31-87)96-77(123)55(29-30-67(112)113)103-85(130)86(9,10)104-81(127)58(36-46(5)6)100-79(125)59(39-64(90)109)101-83(129)61-24-19-33-106(61)66(111)41-93-82(128)62(38-49-20-13-12-14-21-49)105(11)65(110)40-92-72(118)47(7)94-74(120)52(89)37-50-25-27-51(108)28-26-50/h12-14,20-21,25-28,44-48,52-63,68-70,84,107-108,114-116H,15-19,22-24,29-43,87-89H2,1-11H3,(H2,90,109)(H2,91,117)(H,92,118)(H,93,128)(H,94,120)(H,95,121)(H,96,123)(H,97,124)(H,98,126)(H,99,119)(H,100,125)(H,101,129)(H,102,122)(H,103,130)(H,104,127)(H,112,113)/t47-,48+,52+,53+,54+,55+,56+,57+,58+,59+,60+,61+,62+,63-,68-,69+,70-,84-/m1/s1. The lowest BCUT2D eigenvalue weighted by molar-refractivity contribution is -0.301. The third kappa shape index (κ3) is 37.9. The van der Waals surface area contributed by atoms with E-state index in [1.54, 1.807) is 84.0 Å². The molecule has 0 aromatic heterocycles. The Morgan fingerprint density at radius 1 is 0.530 bits per heavy atom. The minimum absolute atomic E-state index is 0.0166. The fraction of sp³-hybridized carbons (Fsp3) is 0.651. The number of unbranched alkanes of at least 4 members (excludes halogenated alkanes) is 2. The number of aliphatic hydroxyl groups is 4. The van der Waals surface area contributed by atoms with Crippen LogP contribution >= 0.6 is 0 Å². The summed E-state index contributed by atoms with van der Waals surface area (Å²) in [7, 11) is 1.31. The first-order valence-electron chi connectivity index (χ1n) is 44.2. The van der Waals surface area contributed by atoms with Gasteiger partial charge in [0.05, 0.1) is 38.8 Å². The highest BCUT2D eigenvalue weighted by molar-refractivity contribution is 6.02. The first-order valence-corrected chi connectivity index (χ1v) is 44.2. The monoisotopic (exact) mass is 1870 g/mol. The molecule has 2 aromatic rings. The van der Waals surface area contributed by atoms with Gasteiger partial charge in [-0.1, -0.05) is 84.0 Å². The van der Waals surface area contributed by atoms with Crippen molar-refractivity contribution in [2.75, 3.05) is 53.0 Å². The molecule has 0 saturated carbocycles. The first-order chi connectivity index (χ1) is 62.0. The van der Waals surface area contributed by atoms with Gasteiger partial charge in [-0.2, -0.15) is 0 Å². The van der Waals surface area contributed by atoms with Crippen molar-refractivity contribution in [2.45, 2.75) is 287 Å². The van der Waals surface area contributed by atoms with Crippen LogP contribution in [0.5, 0.6) is 5.75 Å². The van der Waals surface area contributed by atoms with E-state index in [0.717, 1.165) is 9.80 Å². The van der Waals surface area contributed by atoms with Gasteiger partial charge in [0.2, 0.25) is 100 Å². The number of carbonyl (C=O) groups excluding carboxylic acids is 17. The summed E-state index contributed by atoms with van der Waals surface area (Å²) in [5.74, 6) is -18.3. The number of amides is 17. The summed E-state index contributed by atoms with van der Waals surface area (Å²) in [5.41, 5.74) is 28.1. The van der Waals surface area contributed by atoms with Gasteiger partial charge < -0.3 is 148 Å². The number of aliphatic hydroxyl groups excluding tert-OH is 4. The van der Waals surface area contributed by atoms with E-state index in [1.807, 2.05) is 0 Å². The predicted octanol–water partition coefficient (Wildman–Crippen LogP) is -7.22. The number of nitrogens with one attached hydrogen (secondary N) is 13. The van der Waals surface area contributed by atoms with E-state index in [0.29, 0.717) is 24.0 Å². The van der Waals surface area contributed by atoms with Crippen molar-refractivity contribution in [3.63, 3.8) is 0 Å². The Balaban J connectivity index is 1.47. The molecule has 2 aliphatic rings. The molecule has 0 spiro atoms. The van der Waals surface area contributed by atoms with Crippen LogP contribution in [0.2, 0.25) is 0 Å². The highest BCUT2D eigenvalue weighted by atomic mass is 16.7. The Morgan fingerprint density at radius 3 is 1.55 bits per heavy atom. The molecule has 0 radical (unpaired) electrons. The molecule has 132 heavy (non-hydrogen) atoms. The lowest BCUT2D eigenvalue weighted by atomic mass is 9.98. The second-order valence-corrected chi connectivity index (χ2v) is 34.9. The SMILES string of the molecule is CC(C)C[C@H](NC(=O)[C@H](CO[C@@H]1O[C@H](CO)[C@@H](O)[C@H](O)[C@H]1O)NC(=O)[C@H](CCCCN)NC(=O)[C@H](CC(C)C)NC(=O)[C@H](C)NC(=O)[C@H](CCCCN)NC(=O)[C@H](CCC(=O)O)NC(=O)C(C)(C)NC(=O)[C@H](CC(C)C)NC(=O)[C@H](CC(N)=O)NC(=O)[C@@H]1CCCN1C(=O)CNC(=O)[C@H](Cc1ccccc1)N(C)C(=O)CNC(=O)[C@@H](C)NC(=O)[C@@H](N)Cc1ccc(O)cc1)C(N)=O. The van der Waals surface area contributed by atoms with E-state index in [-0.39, 0.29) is 108 Å². The Bertz CT molecular complexity index is 4220. The van der Waals surface area contributed by atoms with Crippen molar-refractivity contribution in [3.05, 3.63) is 65.7 Å². The number of hydrogen-bond donors (Lipinski definition) is 24. The molecule has 29 N–H and O–H groups in total. The van der Waals surface area contributed by atoms with Gasteiger partial charge in [0.15, 0.2) is 6.29 Å². The number of phenols is 1. The quantitative estimate of drug-likeness (QED) is 0.0274. The number of carbonyl (C=O) groups is 18. The zero-order valence-corrected chi connectivity index (χ0v) is 76.7. The van der Waals surface area contributed by atoms with E-state index in [9.17, 15) is 117 Å². The number of nitrogens with zero attached hydrogens (tertiary/aromatic N) is 2. The Hall–Kier alpha value is -11.7. The van der Waals surface area contributed by atoms with Gasteiger partial charge in [-0.3, -0.25) is 86.3 Å². The number of nitrogens with two attached hydrogens (primary N) is 5. The molecule has 2 aliphatic heterocycles. The van der Waals surface area contributed by atoms with Gasteiger partial charge >= 0.3 is 5.97 Å². The van der Waals surface area contributed by atoms with Crippen LogP contribution in [0, 0.1) is 17.8 Å². The maximum Gasteiger partial charge on any atom is 0.303 e. The summed E-state index contributed by atoms with van der Waals surface area (Å²) in [5, 5.41) is 93.3. The number of benzene rings is 2. The maximum atomic E-state index is 14.5. The average molecular weight is 1870 g/mol. The van der Waals surface area contributed by atoms with Crippen molar-refractivity contribution in [2.24, 2.45) is 46.4 Å². The number of phenolic OH excluding ortho intramolecular Hbond substituents is 1. The molecule has 2 fully saturated rings. The Kier molecular flexibility index (Phi) is 47.5. The van der Waals surface area contributed by atoms with Crippen LogP contribution in [0.25, 0.3) is 0 Å². The van der Waals surface area contributed by atoms with Crippen molar-refractivity contribution in [1.29, 1.82) is 0 Å². The van der Waals surface area contributed by atoms with Crippen molar-refractivity contribution in [1.82, 2.24) is 78.9 Å². The van der Waals surface area contributed by atoms with E-state index < -0.39 is 273 Å². The third-order valence-corrected chi connectivity index (χ3v) is 21.8. The fourth-order valence-corrected chi connectivity index (χ4v) is 14.2. The van der Waals surface area contributed by atoms with Crippen LogP contribution in [0.3, 0.4) is 0 Å². The van der Waals surface area contributed by atoms with Crippen LogP contribution in [0.4, 0.5) is 0 Å². The number of hydrogen-bond acceptors (Lipinski definition) is 28. The molecule has 46 nitrogen and oxygen atoms in total. The molecule has 46 heteroatoms. The predicted molar refractivity (Wildman–Crippen MR) is 474 cm³/mol. The Labute approximate surface area is 766 Å². The normalized spacial score (nSPS) is 18.8. The molecule has 18 atom stereocenters. The summed E-state index contributed by atoms with van der Waals surface area (Å²) >= 11 is 0. The number of ether oxygens (including phenoxy) is 2. The molecule has 2 heterocycles. The minimum Gasteiger partial charge on any atom is -0.508 e. The average Bonchev–Trinajstić information content (AvgIpc) is 1.45. The first kappa shape index (κ1) is 113. The zero-order valence-electron chi connectivity index (χ0n) is 76.7. The van der Waals surface area contributed by atoms with Gasteiger partial charge in [0.25, 0.3) is 0 Å². The van der Waals surface area contributed by atoms with Gasteiger partial charge in [-0.15, -0.1) is 0 Å². The molecular weight excluding hydrogens is 1730 g/mol. The summed E-state index contributed by atoms with van der Waals surface area (Å²) in [6.45, 7) is 12.5. The minimum atomic E-state index is -2.03. The summed E-state index contributed by atoms with van der Waals surface area (Å²) in [4.78, 5) is 251. The molecule has 2 aromatic carbocycles. The second-order valence-electron chi connectivity index (χ2n) is 34.9. The smallest absolute Gasteiger partial charge is 0.303 e. The fourth-order valence-electron chi connectivity index (χ4n) is 14.2. The number of carboxylic acid groups (broad SMARTS) is 1. The van der Waals surface area contributed by atoms with Crippen LogP contribution in [-0.4, -0.2) is 315 Å². The summed E-state index contributed by atoms with van der Waals surface area (Å²) < 4.78 is 11.1. The number of carboxylic acids is 1. The molecule has 2 saturated heterocycles. The van der Waals surface area contributed by atoms with E-state index in [4.69, 9.17) is 38.1 Å². The highest BCUT2D eigenvalue weighted by Gasteiger charge is 2.46. The van der Waals surface area contributed by atoms with Crippen molar-refractivity contribution < 1.29 is 126 Å². The number of aliphatic carboxylic acids is 1. The van der Waals surface area contributed by atoms with Crippen molar-refractivity contribution >= 4 is 106 Å². The summed E-state index contributed by atoms with van der Waals surface area (Å²) in [6, 6.07) is -4.34.